The minimum Gasteiger partial charge on any atom is -0.0984 e. The van der Waals surface area contributed by atoms with Gasteiger partial charge in [0.05, 0.1) is 0 Å². The van der Waals surface area contributed by atoms with E-state index in [4.69, 9.17) is 0 Å². The molecule has 0 bridgehead atoms. The third kappa shape index (κ3) is 3.07. The highest BCUT2D eigenvalue weighted by Gasteiger charge is 2.32. The van der Waals surface area contributed by atoms with Crippen molar-refractivity contribution in [2.75, 3.05) is 0 Å². The van der Waals surface area contributed by atoms with Crippen molar-refractivity contribution in [3.8, 4) is 11.1 Å². The molecule has 0 saturated carbocycles. The normalized spacial score (nSPS) is 14.8. The predicted molar refractivity (Wildman–Crippen MR) is 107 cm³/mol. The van der Waals surface area contributed by atoms with Crippen molar-refractivity contribution < 1.29 is 0 Å². The van der Waals surface area contributed by atoms with Crippen molar-refractivity contribution in [1.29, 1.82) is 0 Å². The van der Waals surface area contributed by atoms with Crippen LogP contribution < -0.4 is 0 Å². The minimum atomic E-state index is 0.191. The maximum Gasteiger partial charge on any atom is -0.00568 e. The summed E-state index contributed by atoms with van der Waals surface area (Å²) in [7, 11) is 0. The molecule has 2 aromatic rings. The molecule has 0 saturated heterocycles. The quantitative estimate of drug-likeness (QED) is 0.528. The Morgan fingerprint density at radius 1 is 1.12 bits per heavy atom. The van der Waals surface area contributed by atoms with E-state index in [-0.39, 0.29) is 5.41 Å². The van der Waals surface area contributed by atoms with Gasteiger partial charge in [0.25, 0.3) is 0 Å². The van der Waals surface area contributed by atoms with E-state index in [1.54, 1.807) is 0 Å². The second kappa shape index (κ2) is 6.59. The zero-order valence-corrected chi connectivity index (χ0v) is 15.7. The molecule has 0 atom stereocenters. The molecule has 0 radical (unpaired) electrons. The number of benzene rings is 2. The number of hydrogen-bond donors (Lipinski definition) is 0. The minimum absolute atomic E-state index is 0.191. The standard InChI is InChI=1S/C24H30/c1-6-8-9-10-18-14-19(7-2)23-20(15-18)16-24(4,5)22-12-11-17(3)13-21(22)23/h7,11-15H,2,6,8-10,16H2,1,3-5H3. The van der Waals surface area contributed by atoms with Crippen molar-refractivity contribution >= 4 is 6.08 Å². The Morgan fingerprint density at radius 3 is 2.62 bits per heavy atom. The number of fused-ring (bicyclic) bond motifs is 3. The highest BCUT2D eigenvalue weighted by molar-refractivity contribution is 5.83. The number of rotatable bonds is 5. The Morgan fingerprint density at radius 2 is 1.92 bits per heavy atom. The molecule has 1 aliphatic carbocycles. The van der Waals surface area contributed by atoms with Gasteiger partial charge in [-0.1, -0.05) is 82.2 Å². The first-order chi connectivity index (χ1) is 11.5. The van der Waals surface area contributed by atoms with Crippen LogP contribution in [0.2, 0.25) is 0 Å². The van der Waals surface area contributed by atoms with E-state index in [2.05, 4.69) is 64.6 Å². The van der Waals surface area contributed by atoms with Gasteiger partial charge in [0, 0.05) is 0 Å². The van der Waals surface area contributed by atoms with E-state index < -0.39 is 0 Å². The lowest BCUT2D eigenvalue weighted by atomic mass is 9.68. The van der Waals surface area contributed by atoms with Gasteiger partial charge in [-0.2, -0.15) is 0 Å². The Labute approximate surface area is 147 Å². The topological polar surface area (TPSA) is 0 Å². The van der Waals surface area contributed by atoms with Gasteiger partial charge in [-0.3, -0.25) is 0 Å². The highest BCUT2D eigenvalue weighted by Crippen LogP contribution is 2.45. The fourth-order valence-corrected chi connectivity index (χ4v) is 4.17. The molecule has 0 N–H and O–H groups in total. The summed E-state index contributed by atoms with van der Waals surface area (Å²) in [5.74, 6) is 0. The first kappa shape index (κ1) is 17.0. The molecule has 3 rings (SSSR count). The van der Waals surface area contributed by atoms with Crippen LogP contribution >= 0.6 is 0 Å². The highest BCUT2D eigenvalue weighted by atomic mass is 14.4. The molecule has 0 amide bonds. The fourth-order valence-electron chi connectivity index (χ4n) is 4.17. The molecule has 2 aromatic carbocycles. The van der Waals surface area contributed by atoms with Gasteiger partial charge in [-0.05, 0) is 65.0 Å². The number of unbranched alkanes of at least 4 members (excludes halogenated alkanes) is 2. The van der Waals surface area contributed by atoms with Crippen molar-refractivity contribution in [2.45, 2.75) is 65.2 Å². The molecule has 0 unspecified atom stereocenters. The van der Waals surface area contributed by atoms with Crippen LogP contribution in [0.5, 0.6) is 0 Å². The molecule has 126 valence electrons. The number of hydrogen-bond acceptors (Lipinski definition) is 0. The summed E-state index contributed by atoms with van der Waals surface area (Å²) in [5, 5.41) is 0. The van der Waals surface area contributed by atoms with Gasteiger partial charge in [0.15, 0.2) is 0 Å². The summed E-state index contributed by atoms with van der Waals surface area (Å²) in [5.41, 5.74) is 10.1. The summed E-state index contributed by atoms with van der Waals surface area (Å²) in [6, 6.07) is 11.8. The summed E-state index contributed by atoms with van der Waals surface area (Å²) in [4.78, 5) is 0. The molecule has 0 spiro atoms. The van der Waals surface area contributed by atoms with Crippen LogP contribution in [0.4, 0.5) is 0 Å². The van der Waals surface area contributed by atoms with Gasteiger partial charge < -0.3 is 0 Å². The maximum absolute atomic E-state index is 4.11. The van der Waals surface area contributed by atoms with Gasteiger partial charge in [0.1, 0.15) is 0 Å². The predicted octanol–water partition coefficient (Wildman–Crippen LogP) is 6.87. The molecule has 24 heavy (non-hydrogen) atoms. The van der Waals surface area contributed by atoms with E-state index in [1.807, 2.05) is 6.08 Å². The van der Waals surface area contributed by atoms with Gasteiger partial charge in [0.2, 0.25) is 0 Å². The molecule has 0 heteroatoms. The average molecular weight is 319 g/mol. The summed E-state index contributed by atoms with van der Waals surface area (Å²) in [6.07, 6.45) is 8.22. The second-order valence-electron chi connectivity index (χ2n) is 7.99. The largest absolute Gasteiger partial charge is 0.0984 e. The van der Waals surface area contributed by atoms with Crippen molar-refractivity contribution in [1.82, 2.24) is 0 Å². The monoisotopic (exact) mass is 318 g/mol. The lowest BCUT2D eigenvalue weighted by Crippen LogP contribution is -2.26. The first-order valence-electron chi connectivity index (χ1n) is 9.36. The Hall–Kier alpha value is -1.82. The van der Waals surface area contributed by atoms with Crippen LogP contribution in [-0.2, 0) is 18.3 Å². The van der Waals surface area contributed by atoms with Crippen LogP contribution in [-0.4, -0.2) is 0 Å². The van der Waals surface area contributed by atoms with E-state index in [0.717, 1.165) is 6.42 Å². The van der Waals surface area contributed by atoms with Crippen molar-refractivity contribution in [2.24, 2.45) is 0 Å². The van der Waals surface area contributed by atoms with Crippen molar-refractivity contribution in [3.05, 3.63) is 64.7 Å². The smallest absolute Gasteiger partial charge is 0.00568 e. The summed E-state index contributed by atoms with van der Waals surface area (Å²) >= 11 is 0. The lowest BCUT2D eigenvalue weighted by Gasteiger charge is -2.35. The van der Waals surface area contributed by atoms with Crippen LogP contribution in [0.15, 0.2) is 36.9 Å². The third-order valence-corrected chi connectivity index (χ3v) is 5.41. The van der Waals surface area contributed by atoms with E-state index in [9.17, 15) is 0 Å². The van der Waals surface area contributed by atoms with Crippen LogP contribution in [0.25, 0.3) is 17.2 Å². The van der Waals surface area contributed by atoms with Gasteiger partial charge in [-0.25, -0.2) is 0 Å². The van der Waals surface area contributed by atoms with Crippen molar-refractivity contribution in [3.63, 3.8) is 0 Å². The maximum atomic E-state index is 4.11. The van der Waals surface area contributed by atoms with E-state index in [1.165, 1.54) is 64.6 Å². The molecule has 0 heterocycles. The van der Waals surface area contributed by atoms with Crippen LogP contribution in [0, 0.1) is 6.92 Å². The molecular formula is C24H30. The summed E-state index contributed by atoms with van der Waals surface area (Å²) < 4.78 is 0. The molecular weight excluding hydrogens is 288 g/mol. The van der Waals surface area contributed by atoms with E-state index >= 15 is 0 Å². The molecule has 1 aliphatic rings. The first-order valence-corrected chi connectivity index (χ1v) is 9.36. The molecule has 0 aliphatic heterocycles. The average Bonchev–Trinajstić information content (AvgIpc) is 2.53. The fraction of sp³-hybridized carbons (Fsp3) is 0.417. The summed E-state index contributed by atoms with van der Waals surface area (Å²) in [6.45, 7) is 13.3. The second-order valence-corrected chi connectivity index (χ2v) is 7.99. The van der Waals surface area contributed by atoms with Gasteiger partial charge >= 0.3 is 0 Å². The zero-order valence-electron chi connectivity index (χ0n) is 15.7. The van der Waals surface area contributed by atoms with Crippen LogP contribution in [0.1, 0.15) is 67.9 Å². The zero-order chi connectivity index (χ0) is 17.3. The number of aryl methyl sites for hydroxylation is 2. The van der Waals surface area contributed by atoms with Crippen LogP contribution in [0.3, 0.4) is 0 Å². The molecule has 0 aromatic heterocycles. The Kier molecular flexibility index (Phi) is 4.67. The lowest BCUT2D eigenvalue weighted by molar-refractivity contribution is 0.516. The third-order valence-electron chi connectivity index (χ3n) is 5.41. The Balaban J connectivity index is 2.14. The van der Waals surface area contributed by atoms with Gasteiger partial charge in [-0.15, -0.1) is 0 Å². The van der Waals surface area contributed by atoms with E-state index in [0.29, 0.717) is 0 Å². The Bertz CT molecular complexity index is 762. The SMILES string of the molecule is C=Cc1cc(CCCCC)cc2c1-c1cc(C)ccc1C(C)(C)C2. The molecule has 0 nitrogen and oxygen atoms in total. The molecule has 0 fully saturated rings.